The van der Waals surface area contributed by atoms with Crippen LogP contribution in [-0.2, 0) is 23.9 Å². The molecule has 3 fully saturated rings. The van der Waals surface area contributed by atoms with Crippen LogP contribution in [0.15, 0.2) is 0 Å². The lowest BCUT2D eigenvalue weighted by Crippen LogP contribution is -2.45. The molecular formula is C20H30N2O5. The van der Waals surface area contributed by atoms with Crippen molar-refractivity contribution in [1.29, 1.82) is 0 Å². The number of imide groups is 1. The van der Waals surface area contributed by atoms with E-state index in [-0.39, 0.29) is 42.2 Å². The average molecular weight is 378 g/mol. The number of carbonyl (C=O) groups excluding carboxylic acids is 4. The van der Waals surface area contributed by atoms with Crippen LogP contribution < -0.4 is 5.32 Å². The van der Waals surface area contributed by atoms with Gasteiger partial charge in [0.15, 0.2) is 6.61 Å². The number of amides is 3. The number of fused-ring (bicyclic) bond motifs is 1. The van der Waals surface area contributed by atoms with Crippen LogP contribution in [0.5, 0.6) is 0 Å². The molecule has 0 unspecified atom stereocenters. The maximum atomic E-state index is 12.5. The summed E-state index contributed by atoms with van der Waals surface area (Å²) < 4.78 is 5.10. The Morgan fingerprint density at radius 1 is 0.963 bits per heavy atom. The second-order valence-corrected chi connectivity index (χ2v) is 8.08. The standard InChI is InChI=1S/C20H30N2O5/c1-13(22-18(24)15-10-6-7-11-16(15)19(22)25)20(26)27-12-17(23)21-14-8-4-2-3-5-9-14/h13-16H,2-12H2,1H3,(H,21,23)/t13-,15-,16+/m0/s1. The smallest absolute Gasteiger partial charge is 0.329 e. The summed E-state index contributed by atoms with van der Waals surface area (Å²) in [5, 5.41) is 2.92. The number of carbonyl (C=O) groups is 4. The minimum absolute atomic E-state index is 0.140. The molecule has 3 amide bonds. The summed E-state index contributed by atoms with van der Waals surface area (Å²) in [4.78, 5) is 50.6. The number of nitrogens with zero attached hydrogens (tertiary/aromatic N) is 1. The molecule has 1 N–H and O–H groups in total. The molecule has 7 heteroatoms. The molecule has 2 aliphatic carbocycles. The Kier molecular flexibility index (Phi) is 6.50. The van der Waals surface area contributed by atoms with E-state index in [4.69, 9.17) is 4.74 Å². The lowest BCUT2D eigenvalue weighted by Gasteiger charge is -2.22. The monoisotopic (exact) mass is 378 g/mol. The zero-order valence-electron chi connectivity index (χ0n) is 16.1. The van der Waals surface area contributed by atoms with E-state index in [0.29, 0.717) is 12.8 Å². The number of ether oxygens (including phenoxy) is 1. The third kappa shape index (κ3) is 4.50. The lowest BCUT2D eigenvalue weighted by molar-refractivity contribution is -0.159. The van der Waals surface area contributed by atoms with Crippen molar-refractivity contribution >= 4 is 23.7 Å². The number of hydrogen-bond acceptors (Lipinski definition) is 5. The van der Waals surface area contributed by atoms with Gasteiger partial charge in [-0.15, -0.1) is 0 Å². The highest BCUT2D eigenvalue weighted by atomic mass is 16.5. The fourth-order valence-corrected chi connectivity index (χ4v) is 4.63. The van der Waals surface area contributed by atoms with Crippen molar-refractivity contribution in [2.24, 2.45) is 11.8 Å². The van der Waals surface area contributed by atoms with Gasteiger partial charge in [-0.25, -0.2) is 4.79 Å². The van der Waals surface area contributed by atoms with Crippen molar-refractivity contribution < 1.29 is 23.9 Å². The van der Waals surface area contributed by atoms with Crippen molar-refractivity contribution in [3.63, 3.8) is 0 Å². The third-order valence-corrected chi connectivity index (χ3v) is 6.17. The van der Waals surface area contributed by atoms with Gasteiger partial charge < -0.3 is 10.1 Å². The molecule has 3 rings (SSSR count). The maximum Gasteiger partial charge on any atom is 0.329 e. The van der Waals surface area contributed by atoms with Gasteiger partial charge in [-0.2, -0.15) is 0 Å². The molecule has 1 heterocycles. The highest BCUT2D eigenvalue weighted by Crippen LogP contribution is 2.38. The topological polar surface area (TPSA) is 92.8 Å². The van der Waals surface area contributed by atoms with Gasteiger partial charge in [-0.3, -0.25) is 19.3 Å². The first-order chi connectivity index (χ1) is 13.0. The first-order valence-corrected chi connectivity index (χ1v) is 10.3. The second-order valence-electron chi connectivity index (χ2n) is 8.08. The zero-order valence-corrected chi connectivity index (χ0v) is 16.1. The summed E-state index contributed by atoms with van der Waals surface area (Å²) in [5.74, 6) is -2.14. The quantitative estimate of drug-likeness (QED) is 0.448. The Morgan fingerprint density at radius 3 is 2.04 bits per heavy atom. The molecule has 1 aliphatic heterocycles. The van der Waals surface area contributed by atoms with Crippen molar-refractivity contribution in [1.82, 2.24) is 10.2 Å². The Balaban J connectivity index is 1.49. The molecule has 7 nitrogen and oxygen atoms in total. The van der Waals surface area contributed by atoms with Gasteiger partial charge in [0.25, 0.3) is 5.91 Å². The van der Waals surface area contributed by atoms with E-state index in [9.17, 15) is 19.2 Å². The summed E-state index contributed by atoms with van der Waals surface area (Å²) in [5.41, 5.74) is 0. The molecule has 0 spiro atoms. The van der Waals surface area contributed by atoms with Crippen LogP contribution in [0.4, 0.5) is 0 Å². The van der Waals surface area contributed by atoms with Crippen LogP contribution in [0.2, 0.25) is 0 Å². The molecule has 0 aromatic rings. The van der Waals surface area contributed by atoms with E-state index in [1.54, 1.807) is 0 Å². The third-order valence-electron chi connectivity index (χ3n) is 6.17. The van der Waals surface area contributed by atoms with Crippen molar-refractivity contribution in [3.8, 4) is 0 Å². The van der Waals surface area contributed by atoms with Gasteiger partial charge in [0.1, 0.15) is 6.04 Å². The van der Waals surface area contributed by atoms with Gasteiger partial charge >= 0.3 is 5.97 Å². The number of esters is 1. The van der Waals surface area contributed by atoms with Crippen LogP contribution in [0.3, 0.4) is 0 Å². The van der Waals surface area contributed by atoms with E-state index in [1.165, 1.54) is 19.8 Å². The molecule has 0 aromatic heterocycles. The maximum absolute atomic E-state index is 12.5. The van der Waals surface area contributed by atoms with Crippen molar-refractivity contribution in [2.45, 2.75) is 83.2 Å². The molecule has 0 radical (unpaired) electrons. The fraction of sp³-hybridized carbons (Fsp3) is 0.800. The summed E-state index contributed by atoms with van der Waals surface area (Å²) in [6.45, 7) is 1.13. The highest BCUT2D eigenvalue weighted by Gasteiger charge is 2.51. The molecular weight excluding hydrogens is 348 g/mol. The Labute approximate surface area is 160 Å². The number of hydrogen-bond donors (Lipinski definition) is 1. The van der Waals surface area contributed by atoms with Crippen LogP contribution in [0.25, 0.3) is 0 Å². The van der Waals surface area contributed by atoms with E-state index in [1.807, 2.05) is 0 Å². The number of rotatable bonds is 5. The van der Waals surface area contributed by atoms with Gasteiger partial charge in [0.2, 0.25) is 11.8 Å². The van der Waals surface area contributed by atoms with E-state index in [0.717, 1.165) is 43.4 Å². The predicted molar refractivity (Wildman–Crippen MR) is 97.4 cm³/mol. The van der Waals surface area contributed by atoms with Gasteiger partial charge in [-0.05, 0) is 32.6 Å². The molecule has 150 valence electrons. The second kappa shape index (κ2) is 8.85. The largest absolute Gasteiger partial charge is 0.454 e. The first kappa shape index (κ1) is 19.8. The van der Waals surface area contributed by atoms with Crippen molar-refractivity contribution in [3.05, 3.63) is 0 Å². The summed E-state index contributed by atoms with van der Waals surface area (Å²) in [6.07, 6.45) is 9.78. The van der Waals surface area contributed by atoms with Crippen LogP contribution in [0, 0.1) is 11.8 Å². The van der Waals surface area contributed by atoms with Crippen LogP contribution in [-0.4, -0.2) is 47.3 Å². The fourth-order valence-electron chi connectivity index (χ4n) is 4.63. The molecule has 0 aromatic carbocycles. The van der Waals surface area contributed by atoms with E-state index in [2.05, 4.69) is 5.32 Å². The van der Waals surface area contributed by atoms with Gasteiger partial charge in [-0.1, -0.05) is 38.5 Å². The Hall–Kier alpha value is -1.92. The molecule has 0 bridgehead atoms. The van der Waals surface area contributed by atoms with Crippen LogP contribution in [0.1, 0.15) is 71.1 Å². The normalized spacial score (nSPS) is 27.7. The molecule has 1 saturated heterocycles. The summed E-state index contributed by atoms with van der Waals surface area (Å²) in [6, 6.07) is -0.845. The molecule has 27 heavy (non-hydrogen) atoms. The minimum Gasteiger partial charge on any atom is -0.454 e. The van der Waals surface area contributed by atoms with Gasteiger partial charge in [0, 0.05) is 6.04 Å². The minimum atomic E-state index is -0.985. The first-order valence-electron chi connectivity index (χ1n) is 10.3. The SMILES string of the molecule is C[C@@H](C(=O)OCC(=O)NC1CCCCCC1)N1C(=O)[C@H]2CCCC[C@H]2C1=O. The molecule has 3 atom stereocenters. The average Bonchev–Trinajstić information content (AvgIpc) is 2.84. The Bertz CT molecular complexity index is 573. The summed E-state index contributed by atoms with van der Waals surface area (Å²) in [7, 11) is 0. The van der Waals surface area contributed by atoms with Gasteiger partial charge in [0.05, 0.1) is 11.8 Å². The summed E-state index contributed by atoms with van der Waals surface area (Å²) >= 11 is 0. The Morgan fingerprint density at radius 2 is 1.48 bits per heavy atom. The number of nitrogens with one attached hydrogen (secondary N) is 1. The molecule has 2 saturated carbocycles. The van der Waals surface area contributed by atoms with E-state index >= 15 is 0 Å². The van der Waals surface area contributed by atoms with E-state index < -0.39 is 12.0 Å². The molecule has 3 aliphatic rings. The number of likely N-dealkylation sites (tertiary alicyclic amines) is 1. The highest BCUT2D eigenvalue weighted by molar-refractivity contribution is 6.07. The predicted octanol–water partition coefficient (Wildman–Crippen LogP) is 1.93. The zero-order chi connectivity index (χ0) is 19.4. The van der Waals surface area contributed by atoms with Crippen LogP contribution >= 0.6 is 0 Å². The lowest BCUT2D eigenvalue weighted by atomic mass is 9.81. The van der Waals surface area contributed by atoms with Crippen molar-refractivity contribution in [2.75, 3.05) is 6.61 Å².